The van der Waals surface area contributed by atoms with Gasteiger partial charge in [-0.05, 0) is 193 Å². The Bertz CT molecular complexity index is 4180. The first-order chi connectivity index (χ1) is 41.1. The molecule has 86 heavy (non-hydrogen) atoms. The first kappa shape index (κ1) is 61.2. The van der Waals surface area contributed by atoms with Crippen LogP contribution in [0.1, 0.15) is 124 Å². The number of thiol groups is 1. The van der Waals surface area contributed by atoms with Crippen molar-refractivity contribution in [2.24, 2.45) is 0 Å². The Balaban J connectivity index is 0.864. The average Bonchev–Trinajstić information content (AvgIpc) is 2.29. The summed E-state index contributed by atoms with van der Waals surface area (Å²) in [6.45, 7) is 1.57. The van der Waals surface area contributed by atoms with E-state index in [1.54, 1.807) is 92.9 Å². The molecule has 2 fully saturated rings. The summed E-state index contributed by atoms with van der Waals surface area (Å²) in [5.74, 6) is -0.133. The first-order valence-electron chi connectivity index (χ1n) is 27.3. The Morgan fingerprint density at radius 2 is 0.791 bits per heavy atom. The minimum atomic E-state index is -5.17. The van der Waals surface area contributed by atoms with Gasteiger partial charge in [0, 0.05) is 46.0 Å². The van der Waals surface area contributed by atoms with E-state index in [0.29, 0.717) is 57.9 Å². The van der Waals surface area contributed by atoms with Gasteiger partial charge in [-0.3, -0.25) is 23.2 Å². The molecule has 0 saturated heterocycles. The van der Waals surface area contributed by atoms with E-state index >= 15 is 0 Å². The topological polar surface area (TPSA) is 262 Å². The smallest absolute Gasteiger partial charge is 0.298 e. The molecule has 0 aromatic heterocycles. The third kappa shape index (κ3) is 13.2. The van der Waals surface area contributed by atoms with Gasteiger partial charge in [-0.2, -0.15) is 25.3 Å². The van der Waals surface area contributed by atoms with E-state index in [2.05, 4.69) is 22.3 Å². The number of carbonyl (C=O) groups is 2. The van der Waals surface area contributed by atoms with Crippen molar-refractivity contribution in [3.05, 3.63) is 220 Å². The number of methoxy groups -OCH3 is 1. The predicted octanol–water partition coefficient (Wildman–Crippen LogP) is 14.2. The molecule has 0 amide bonds. The molecule has 0 aliphatic heterocycles. The highest BCUT2D eigenvalue weighted by Gasteiger charge is 2.39. The van der Waals surface area contributed by atoms with E-state index < -0.39 is 57.1 Å². The molecule has 8 aromatic carbocycles. The highest BCUT2D eigenvalue weighted by Crippen LogP contribution is 2.50. The zero-order chi connectivity index (χ0) is 61.0. The highest BCUT2D eigenvalue weighted by molar-refractivity contribution is 7.86. The standard InChI is InChI=1S/C64H58O18S4/c1-41-9-16-49(40-58(41)84(67,68)69)64(35-7-4-8-36-64)48-21-32-54(57(39-48)80-81-82-83)79-56-31-15-45(38-60(56)86(73,74)75)62(66)44-14-30-55(59(37-44)85(70,71)72)78-53-28-19-47(20-29-53)63(33-5-3-6-34-63)46-17-26-52(27-18-46)77-51-24-12-43(13-25-51)61(65)42-10-22-50(76-2)23-11-42/h9-32,37-40,83H,3-8,33-36H2,1-2H3,(H,67,68,69)(H,70,71,72)(H,73,74,75). The number of hydrogen-bond acceptors (Lipinski definition) is 16. The maximum Gasteiger partial charge on any atom is 0.298 e. The molecule has 2 saturated carbocycles. The van der Waals surface area contributed by atoms with Crippen molar-refractivity contribution >= 4 is 54.8 Å². The largest absolute Gasteiger partial charge is 0.497 e. The molecule has 3 N–H and O–H groups in total. The van der Waals surface area contributed by atoms with Gasteiger partial charge in [-0.15, -0.1) is 4.33 Å². The number of ketones is 2. The predicted molar refractivity (Wildman–Crippen MR) is 319 cm³/mol. The van der Waals surface area contributed by atoms with Crippen molar-refractivity contribution in [3.63, 3.8) is 0 Å². The molecule has 2 aliphatic rings. The minimum absolute atomic E-state index is 0.126. The van der Waals surface area contributed by atoms with Crippen LogP contribution in [0, 0.1) is 6.92 Å². The van der Waals surface area contributed by atoms with Gasteiger partial charge in [0.1, 0.15) is 44.3 Å². The molecule has 0 spiro atoms. The molecule has 22 heteroatoms. The van der Waals surface area contributed by atoms with Crippen molar-refractivity contribution in [2.45, 2.75) is 96.6 Å². The third-order valence-corrected chi connectivity index (χ3v) is 18.8. The van der Waals surface area contributed by atoms with Crippen molar-refractivity contribution in [3.8, 4) is 46.0 Å². The van der Waals surface area contributed by atoms with E-state index in [9.17, 15) is 48.5 Å². The van der Waals surface area contributed by atoms with Crippen LogP contribution in [-0.4, -0.2) is 57.6 Å². The second-order valence-corrected chi connectivity index (χ2v) is 25.5. The minimum Gasteiger partial charge on any atom is -0.497 e. The molecule has 0 radical (unpaired) electrons. The van der Waals surface area contributed by atoms with Crippen molar-refractivity contribution in [1.29, 1.82) is 0 Å². The lowest BCUT2D eigenvalue weighted by molar-refractivity contribution is -0.402. The van der Waals surface area contributed by atoms with Gasteiger partial charge in [0.25, 0.3) is 30.4 Å². The summed E-state index contributed by atoms with van der Waals surface area (Å²) >= 11 is 3.58. The lowest BCUT2D eigenvalue weighted by atomic mass is 9.65. The van der Waals surface area contributed by atoms with Gasteiger partial charge in [0.05, 0.1) is 12.0 Å². The Morgan fingerprint density at radius 3 is 1.27 bits per heavy atom. The Hall–Kier alpha value is -7.90. The first-order valence-corrected chi connectivity index (χ1v) is 32.0. The summed E-state index contributed by atoms with van der Waals surface area (Å²) in [5, 5.41) is 4.69. The monoisotopic (exact) mass is 1240 g/mol. The molecule has 446 valence electrons. The van der Waals surface area contributed by atoms with Gasteiger partial charge in [-0.1, -0.05) is 81.0 Å². The van der Waals surface area contributed by atoms with Crippen molar-refractivity contribution in [2.75, 3.05) is 7.11 Å². The number of hydrogen-bond donors (Lipinski definition) is 4. The van der Waals surface area contributed by atoms with Gasteiger partial charge in [0.15, 0.2) is 17.3 Å². The molecule has 0 atom stereocenters. The second kappa shape index (κ2) is 25.2. The lowest BCUT2D eigenvalue weighted by Gasteiger charge is -2.39. The van der Waals surface area contributed by atoms with Crippen LogP contribution in [0.4, 0.5) is 0 Å². The zero-order valence-electron chi connectivity index (χ0n) is 46.4. The Labute approximate surface area is 503 Å². The fraction of sp³-hybridized carbons (Fsp3) is 0.219. The van der Waals surface area contributed by atoms with Crippen LogP contribution < -0.4 is 23.8 Å². The molecule has 18 nitrogen and oxygen atoms in total. The average molecular weight is 1240 g/mol. The molecule has 0 unspecified atom stereocenters. The SMILES string of the molecule is COc1ccc(C(=O)c2ccc(Oc3ccc(C4(c5ccc(Oc6ccc(C(=O)c7ccc(Oc8ccc(C9(c%10ccc(C)c(S(=O)(=O)O)c%10)CCCCC9)cc8OOOS)c(S(=O)(=O)O)c7)cc6S(=O)(=O)O)cc5)CCCCC4)cc3)cc2)cc1. The van der Waals surface area contributed by atoms with Crippen molar-refractivity contribution in [1.82, 2.24) is 0 Å². The molecule has 2 aliphatic carbocycles. The van der Waals surface area contributed by atoms with Gasteiger partial charge < -0.3 is 23.8 Å². The van der Waals surface area contributed by atoms with Crippen LogP contribution >= 0.6 is 12.9 Å². The third-order valence-electron chi connectivity index (χ3n) is 16.0. The van der Waals surface area contributed by atoms with E-state index in [-0.39, 0.29) is 50.2 Å². The molecular weight excluding hydrogens is 1180 g/mol. The summed E-state index contributed by atoms with van der Waals surface area (Å²) in [7, 11) is -13.2. The van der Waals surface area contributed by atoms with E-state index in [4.69, 9.17) is 23.8 Å². The van der Waals surface area contributed by atoms with Crippen LogP contribution in [0.5, 0.6) is 46.0 Å². The second-order valence-electron chi connectivity index (χ2n) is 21.2. The lowest BCUT2D eigenvalue weighted by Crippen LogP contribution is -2.31. The summed E-state index contributed by atoms with van der Waals surface area (Å²) in [5.41, 5.74) is 2.88. The normalized spacial score (nSPS) is 15.0. The number of benzene rings is 8. The van der Waals surface area contributed by atoms with E-state index in [1.165, 1.54) is 36.4 Å². The zero-order valence-corrected chi connectivity index (χ0v) is 49.7. The number of rotatable bonds is 21. The van der Waals surface area contributed by atoms with Gasteiger partial charge in [-0.25, -0.2) is 0 Å². The fourth-order valence-electron chi connectivity index (χ4n) is 11.7. The van der Waals surface area contributed by atoms with E-state index in [0.717, 1.165) is 80.7 Å². The highest BCUT2D eigenvalue weighted by atomic mass is 32.2. The van der Waals surface area contributed by atoms with Gasteiger partial charge in [0.2, 0.25) is 5.75 Å². The fourth-order valence-corrected chi connectivity index (χ4v) is 13.7. The van der Waals surface area contributed by atoms with Crippen LogP contribution in [-0.2, 0) is 50.6 Å². The Morgan fingerprint density at radius 1 is 0.407 bits per heavy atom. The molecular formula is C64H58O18S4. The molecule has 0 heterocycles. The maximum absolute atomic E-state index is 14.1. The van der Waals surface area contributed by atoms with Crippen LogP contribution in [0.3, 0.4) is 0 Å². The summed E-state index contributed by atoms with van der Waals surface area (Å²) in [6.07, 6.45) is 8.33. The number of ether oxygens (including phenoxy) is 4. The maximum atomic E-state index is 14.1. The van der Waals surface area contributed by atoms with Crippen LogP contribution in [0.25, 0.3) is 0 Å². The summed E-state index contributed by atoms with van der Waals surface area (Å²) in [4.78, 5) is 30.7. The van der Waals surface area contributed by atoms with Crippen LogP contribution in [0.15, 0.2) is 185 Å². The molecule has 10 rings (SSSR count). The quantitative estimate of drug-likeness (QED) is 0.0130. The van der Waals surface area contributed by atoms with Crippen molar-refractivity contribution < 1.29 is 81.7 Å². The number of aryl methyl sites for hydroxylation is 1. The van der Waals surface area contributed by atoms with Gasteiger partial charge >= 0.3 is 0 Å². The Kier molecular flexibility index (Phi) is 17.9. The molecule has 0 bridgehead atoms. The van der Waals surface area contributed by atoms with Crippen LogP contribution in [0.2, 0.25) is 0 Å². The van der Waals surface area contributed by atoms with E-state index in [1.807, 2.05) is 36.4 Å². The summed E-state index contributed by atoms with van der Waals surface area (Å²) < 4.78 is 136. The number of carbonyl (C=O) groups excluding carboxylic acids is 2. The summed E-state index contributed by atoms with van der Waals surface area (Å²) in [6, 6.07) is 44.7. The molecule has 8 aromatic rings.